The zero-order valence-corrected chi connectivity index (χ0v) is 10.6. The van der Waals surface area contributed by atoms with E-state index in [0.717, 1.165) is 12.3 Å². The molecule has 2 aromatic rings. The van der Waals surface area contributed by atoms with Crippen molar-refractivity contribution >= 4 is 15.7 Å². The van der Waals surface area contributed by atoms with Crippen LogP contribution in [-0.4, -0.2) is 18.5 Å². The molecule has 0 bridgehead atoms. The molecule has 0 amide bonds. The van der Waals surface area contributed by atoms with Gasteiger partial charge in [-0.1, -0.05) is 12.1 Å². The molecule has 0 aliphatic carbocycles. The second-order valence-corrected chi connectivity index (χ2v) is 5.54. The van der Waals surface area contributed by atoms with Crippen LogP contribution < -0.4 is 10.3 Å². The number of aromatic amines is 1. The predicted octanol–water partition coefficient (Wildman–Crippen LogP) is 0.668. The molecule has 0 fully saturated rings. The van der Waals surface area contributed by atoms with Crippen molar-refractivity contribution < 1.29 is 13.5 Å². The van der Waals surface area contributed by atoms with Gasteiger partial charge in [-0.3, -0.25) is 9.52 Å². The van der Waals surface area contributed by atoms with E-state index in [1.807, 2.05) is 0 Å². The molecule has 0 saturated carbocycles. The van der Waals surface area contributed by atoms with Crippen LogP contribution in [0, 0.1) is 0 Å². The molecule has 3 N–H and O–H groups in total. The van der Waals surface area contributed by atoms with Crippen molar-refractivity contribution in [1.82, 2.24) is 4.98 Å². The lowest BCUT2D eigenvalue weighted by atomic mass is 10.2. The Hall–Kier alpha value is -2.12. The number of hydrogen-bond acceptors (Lipinski definition) is 4. The number of aliphatic hydroxyl groups is 1. The average Bonchev–Trinajstić information content (AvgIpc) is 2.39. The Labute approximate surface area is 109 Å². The van der Waals surface area contributed by atoms with Gasteiger partial charge in [0.05, 0.1) is 6.61 Å². The molecule has 0 spiro atoms. The van der Waals surface area contributed by atoms with Crippen LogP contribution in [0.2, 0.25) is 0 Å². The maximum Gasteiger partial charge on any atom is 0.263 e. The van der Waals surface area contributed by atoms with Gasteiger partial charge in [-0.25, -0.2) is 8.42 Å². The Bertz CT molecular complexity index is 717. The number of sulfonamides is 1. The van der Waals surface area contributed by atoms with Crippen molar-refractivity contribution in [2.75, 3.05) is 4.72 Å². The summed E-state index contributed by atoms with van der Waals surface area (Å²) in [5.74, 6) is 0. The summed E-state index contributed by atoms with van der Waals surface area (Å²) in [5.41, 5.74) is 0.570. The molecule has 6 nitrogen and oxygen atoms in total. The summed E-state index contributed by atoms with van der Waals surface area (Å²) in [6.45, 7) is -0.172. The fraction of sp³-hybridized carbons (Fsp3) is 0.0833. The highest BCUT2D eigenvalue weighted by Crippen LogP contribution is 2.16. The van der Waals surface area contributed by atoms with Gasteiger partial charge in [0.2, 0.25) is 5.56 Å². The molecular weight excluding hydrogens is 268 g/mol. The van der Waals surface area contributed by atoms with E-state index in [1.54, 1.807) is 18.2 Å². The van der Waals surface area contributed by atoms with Crippen LogP contribution in [0.15, 0.2) is 52.3 Å². The quantitative estimate of drug-likeness (QED) is 0.766. The van der Waals surface area contributed by atoms with E-state index in [4.69, 9.17) is 5.11 Å². The number of aromatic nitrogens is 1. The van der Waals surface area contributed by atoms with Gasteiger partial charge in [-0.05, 0) is 23.8 Å². The van der Waals surface area contributed by atoms with E-state index in [1.165, 1.54) is 12.1 Å². The van der Waals surface area contributed by atoms with Gasteiger partial charge in [0.25, 0.3) is 10.0 Å². The summed E-state index contributed by atoms with van der Waals surface area (Å²) in [7, 11) is -3.76. The lowest BCUT2D eigenvalue weighted by molar-refractivity contribution is 0.282. The van der Waals surface area contributed by atoms with Gasteiger partial charge in [0.1, 0.15) is 4.90 Å². The van der Waals surface area contributed by atoms with Crippen molar-refractivity contribution in [1.29, 1.82) is 0 Å². The summed E-state index contributed by atoms with van der Waals surface area (Å²) < 4.78 is 26.4. The van der Waals surface area contributed by atoms with E-state index < -0.39 is 10.0 Å². The summed E-state index contributed by atoms with van der Waals surface area (Å²) in [4.78, 5) is 13.2. The van der Waals surface area contributed by atoms with E-state index in [0.29, 0.717) is 11.3 Å². The number of H-pyrrole nitrogens is 1. The molecule has 1 aromatic carbocycles. The molecule has 0 unspecified atom stereocenters. The fourth-order valence-electron chi connectivity index (χ4n) is 1.51. The lowest BCUT2D eigenvalue weighted by Gasteiger charge is -2.08. The highest BCUT2D eigenvalue weighted by atomic mass is 32.2. The molecule has 0 atom stereocenters. The molecular formula is C12H12N2O4S. The number of pyridine rings is 1. The van der Waals surface area contributed by atoms with E-state index in [2.05, 4.69) is 9.71 Å². The Morgan fingerprint density at radius 1 is 1.21 bits per heavy atom. The monoisotopic (exact) mass is 280 g/mol. The molecule has 0 saturated heterocycles. The normalized spacial score (nSPS) is 11.2. The first-order valence-electron chi connectivity index (χ1n) is 5.42. The van der Waals surface area contributed by atoms with Crippen LogP contribution in [-0.2, 0) is 16.6 Å². The molecule has 100 valence electrons. The van der Waals surface area contributed by atoms with Crippen molar-refractivity contribution in [2.24, 2.45) is 0 Å². The van der Waals surface area contributed by atoms with Gasteiger partial charge in [0, 0.05) is 18.0 Å². The molecule has 1 aromatic heterocycles. The highest BCUT2D eigenvalue weighted by molar-refractivity contribution is 7.92. The first kappa shape index (κ1) is 13.3. The number of hydrogen-bond donors (Lipinski definition) is 3. The second-order valence-electron chi connectivity index (χ2n) is 3.85. The molecule has 0 aliphatic heterocycles. The third-order valence-corrected chi connectivity index (χ3v) is 3.81. The number of anilines is 1. The minimum Gasteiger partial charge on any atom is -0.392 e. The molecule has 0 radical (unpaired) electrons. The largest absolute Gasteiger partial charge is 0.392 e. The molecule has 19 heavy (non-hydrogen) atoms. The summed E-state index contributed by atoms with van der Waals surface area (Å²) >= 11 is 0. The van der Waals surface area contributed by atoms with Crippen LogP contribution in [0.4, 0.5) is 5.69 Å². The van der Waals surface area contributed by atoms with Gasteiger partial charge < -0.3 is 10.1 Å². The average molecular weight is 280 g/mol. The van der Waals surface area contributed by atoms with Gasteiger partial charge in [-0.15, -0.1) is 0 Å². The smallest absolute Gasteiger partial charge is 0.263 e. The van der Waals surface area contributed by atoms with Gasteiger partial charge >= 0.3 is 0 Å². The van der Waals surface area contributed by atoms with Crippen LogP contribution in [0.25, 0.3) is 0 Å². The third-order valence-electron chi connectivity index (χ3n) is 2.43. The second kappa shape index (κ2) is 5.25. The minimum absolute atomic E-state index is 0.0403. The molecule has 7 heteroatoms. The van der Waals surface area contributed by atoms with E-state index in [9.17, 15) is 13.2 Å². The molecule has 0 aliphatic rings. The first-order chi connectivity index (χ1) is 9.01. The van der Waals surface area contributed by atoms with Crippen LogP contribution in [0.1, 0.15) is 5.56 Å². The van der Waals surface area contributed by atoms with Crippen molar-refractivity contribution in [3.8, 4) is 0 Å². The topological polar surface area (TPSA) is 99.3 Å². The Morgan fingerprint density at radius 2 is 2.00 bits per heavy atom. The maximum atomic E-state index is 12.0. The number of nitrogens with one attached hydrogen (secondary N) is 2. The zero-order valence-electron chi connectivity index (χ0n) is 9.83. The summed E-state index contributed by atoms with van der Waals surface area (Å²) in [6, 6.07) is 8.77. The third kappa shape index (κ3) is 3.21. The first-order valence-corrected chi connectivity index (χ1v) is 6.91. The zero-order chi connectivity index (χ0) is 13.9. The number of rotatable bonds is 4. The van der Waals surface area contributed by atoms with Crippen molar-refractivity contribution in [2.45, 2.75) is 11.5 Å². The molecule has 1 heterocycles. The van der Waals surface area contributed by atoms with Crippen LogP contribution in [0.5, 0.6) is 0 Å². The number of benzene rings is 1. The minimum atomic E-state index is -3.76. The maximum absolute atomic E-state index is 12.0. The lowest BCUT2D eigenvalue weighted by Crippen LogP contribution is -2.15. The number of aliphatic hydroxyl groups excluding tert-OH is 1. The van der Waals surface area contributed by atoms with Gasteiger partial charge in [0.15, 0.2) is 0 Å². The van der Waals surface area contributed by atoms with E-state index in [-0.39, 0.29) is 17.1 Å². The molecule has 2 rings (SSSR count). The summed E-state index contributed by atoms with van der Waals surface area (Å²) in [5, 5.41) is 8.99. The standard InChI is InChI=1S/C12H12N2O4S/c15-8-9-2-1-3-10(6-9)14-19(17,18)11-4-5-12(16)13-7-11/h1-7,14-15H,8H2,(H,13,16). The highest BCUT2D eigenvalue weighted by Gasteiger charge is 2.14. The van der Waals surface area contributed by atoms with E-state index >= 15 is 0 Å². The van der Waals surface area contributed by atoms with Crippen molar-refractivity contribution in [3.63, 3.8) is 0 Å². The Balaban J connectivity index is 2.30. The van der Waals surface area contributed by atoms with Crippen LogP contribution >= 0.6 is 0 Å². The van der Waals surface area contributed by atoms with Crippen molar-refractivity contribution in [3.05, 3.63) is 58.5 Å². The SMILES string of the molecule is O=c1ccc(S(=O)(=O)Nc2cccc(CO)c2)c[nH]1. The predicted molar refractivity (Wildman–Crippen MR) is 70.2 cm³/mol. The fourth-order valence-corrected chi connectivity index (χ4v) is 2.53. The van der Waals surface area contributed by atoms with Gasteiger partial charge in [-0.2, -0.15) is 0 Å². The Morgan fingerprint density at radius 3 is 2.63 bits per heavy atom. The summed E-state index contributed by atoms with van der Waals surface area (Å²) in [6.07, 6.45) is 1.13. The Kier molecular flexibility index (Phi) is 3.68. The van der Waals surface area contributed by atoms with Crippen LogP contribution in [0.3, 0.4) is 0 Å².